The first kappa shape index (κ1) is 12.0. The molecule has 6 heteroatoms. The smallest absolute Gasteiger partial charge is 0.372 e. The van der Waals surface area contributed by atoms with Crippen LogP contribution in [-0.2, 0) is 19.1 Å². The van der Waals surface area contributed by atoms with E-state index in [1.54, 1.807) is 12.1 Å². The van der Waals surface area contributed by atoms with Gasteiger partial charge in [-0.05, 0) is 12.5 Å². The highest BCUT2D eigenvalue weighted by Gasteiger charge is 2.45. The van der Waals surface area contributed by atoms with E-state index in [9.17, 15) is 9.59 Å². The van der Waals surface area contributed by atoms with E-state index in [1.165, 1.54) is 14.0 Å². The first-order valence-corrected chi connectivity index (χ1v) is 4.70. The lowest BCUT2D eigenvalue weighted by atomic mass is 10.0. The normalized spacial score (nSPS) is 23.4. The zero-order valence-electron chi connectivity index (χ0n) is 9.07. The molecule has 0 spiro atoms. The molecule has 0 aromatic rings. The third-order valence-electron chi connectivity index (χ3n) is 2.11. The zero-order chi connectivity index (χ0) is 12.2. The number of amides is 1. The fourth-order valence-electron chi connectivity index (χ4n) is 1.49. The van der Waals surface area contributed by atoms with Crippen molar-refractivity contribution < 1.29 is 19.1 Å². The van der Waals surface area contributed by atoms with Crippen LogP contribution in [0.3, 0.4) is 0 Å². The van der Waals surface area contributed by atoms with Crippen molar-refractivity contribution >= 4 is 11.9 Å². The average molecular weight is 224 g/mol. The molecule has 1 aliphatic rings. The number of allylic oxidation sites excluding steroid dienone is 2. The summed E-state index contributed by atoms with van der Waals surface area (Å²) in [5.74, 6) is -1.14. The Morgan fingerprint density at radius 2 is 2.38 bits per heavy atom. The molecule has 0 bridgehead atoms. The summed E-state index contributed by atoms with van der Waals surface area (Å²) in [7, 11) is 1.19. The number of methoxy groups -OCH3 is 1. The van der Waals surface area contributed by atoms with Crippen molar-refractivity contribution in [1.29, 1.82) is 5.26 Å². The Labute approximate surface area is 92.8 Å². The summed E-state index contributed by atoms with van der Waals surface area (Å²) < 4.78 is 9.75. The van der Waals surface area contributed by atoms with Gasteiger partial charge < -0.3 is 14.8 Å². The molecule has 1 heterocycles. The van der Waals surface area contributed by atoms with Crippen molar-refractivity contribution in [2.75, 3.05) is 7.11 Å². The van der Waals surface area contributed by atoms with E-state index >= 15 is 0 Å². The summed E-state index contributed by atoms with van der Waals surface area (Å²) in [6.45, 7) is 1.26. The molecule has 0 aromatic heterocycles. The molecule has 1 atom stereocenters. The number of nitriles is 1. The van der Waals surface area contributed by atoms with Crippen LogP contribution in [-0.4, -0.2) is 24.7 Å². The Kier molecular flexibility index (Phi) is 3.51. The number of hydrogen-bond acceptors (Lipinski definition) is 5. The van der Waals surface area contributed by atoms with Gasteiger partial charge in [0.25, 0.3) is 5.72 Å². The lowest BCUT2D eigenvalue weighted by Gasteiger charge is -2.33. The van der Waals surface area contributed by atoms with Crippen molar-refractivity contribution in [3.63, 3.8) is 0 Å². The van der Waals surface area contributed by atoms with Crippen LogP contribution in [0.4, 0.5) is 0 Å². The van der Waals surface area contributed by atoms with Crippen molar-refractivity contribution in [2.45, 2.75) is 25.5 Å². The van der Waals surface area contributed by atoms with Crippen molar-refractivity contribution in [3.05, 3.63) is 11.8 Å². The Bertz CT molecular complexity index is 383. The minimum Gasteiger partial charge on any atom is -0.465 e. The molecule has 0 saturated carbocycles. The third kappa shape index (κ3) is 2.31. The average Bonchev–Trinajstić information content (AvgIpc) is 2.27. The maximum absolute atomic E-state index is 11.6. The quantitative estimate of drug-likeness (QED) is 0.677. The molecule has 0 radical (unpaired) electrons. The van der Waals surface area contributed by atoms with Gasteiger partial charge in [0.1, 0.15) is 6.07 Å². The molecule has 1 N–H and O–H groups in total. The standard InChI is InChI=1S/C10H12N2O4/c1-7(13)12-10(9(14)15-2)5-3-4-8(6-11)16-10/h4H,3,5H2,1-2H3,(H,12,13)/t10-/m1/s1. The van der Waals surface area contributed by atoms with Gasteiger partial charge in [-0.3, -0.25) is 4.79 Å². The lowest BCUT2D eigenvalue weighted by Crippen LogP contribution is -2.57. The summed E-state index contributed by atoms with van der Waals surface area (Å²) in [6.07, 6.45) is 2.26. The van der Waals surface area contributed by atoms with Crippen LogP contribution in [0.5, 0.6) is 0 Å². The first-order chi connectivity index (χ1) is 7.54. The maximum Gasteiger partial charge on any atom is 0.372 e. The molecule has 0 aliphatic carbocycles. The highest BCUT2D eigenvalue weighted by atomic mass is 16.6. The van der Waals surface area contributed by atoms with Gasteiger partial charge >= 0.3 is 5.97 Å². The van der Waals surface area contributed by atoms with E-state index in [2.05, 4.69) is 10.1 Å². The number of carbonyl (C=O) groups is 2. The van der Waals surface area contributed by atoms with E-state index in [4.69, 9.17) is 10.00 Å². The van der Waals surface area contributed by atoms with Gasteiger partial charge in [0, 0.05) is 13.3 Å². The monoisotopic (exact) mass is 224 g/mol. The van der Waals surface area contributed by atoms with Crippen LogP contribution < -0.4 is 5.32 Å². The summed E-state index contributed by atoms with van der Waals surface area (Å²) in [4.78, 5) is 22.6. The highest BCUT2D eigenvalue weighted by molar-refractivity contribution is 5.86. The Balaban J connectivity index is 2.98. The number of ether oxygens (including phenoxy) is 2. The van der Waals surface area contributed by atoms with E-state index in [0.717, 1.165) is 0 Å². The number of hydrogen-bond donors (Lipinski definition) is 1. The van der Waals surface area contributed by atoms with Gasteiger partial charge in [0.2, 0.25) is 5.91 Å². The van der Waals surface area contributed by atoms with E-state index in [0.29, 0.717) is 6.42 Å². The molecule has 0 unspecified atom stereocenters. The molecule has 1 amide bonds. The summed E-state index contributed by atoms with van der Waals surface area (Å²) in [5, 5.41) is 11.1. The first-order valence-electron chi connectivity index (χ1n) is 4.70. The molecule has 86 valence electrons. The number of esters is 1. The van der Waals surface area contributed by atoms with Crippen molar-refractivity contribution in [3.8, 4) is 6.07 Å². The second kappa shape index (κ2) is 4.66. The zero-order valence-corrected chi connectivity index (χ0v) is 9.07. The minimum absolute atomic E-state index is 0.00500. The molecular weight excluding hydrogens is 212 g/mol. The van der Waals surface area contributed by atoms with Crippen LogP contribution >= 0.6 is 0 Å². The molecule has 0 aromatic carbocycles. The maximum atomic E-state index is 11.6. The van der Waals surface area contributed by atoms with Gasteiger partial charge in [0.15, 0.2) is 5.76 Å². The molecule has 1 aliphatic heterocycles. The lowest BCUT2D eigenvalue weighted by molar-refractivity contribution is -0.173. The Hall–Kier alpha value is -2.03. The van der Waals surface area contributed by atoms with Crippen LogP contribution in [0.2, 0.25) is 0 Å². The predicted octanol–water partition coefficient (Wildman–Crippen LogP) is 0.210. The Morgan fingerprint density at radius 3 is 2.88 bits per heavy atom. The number of rotatable bonds is 2. The van der Waals surface area contributed by atoms with E-state index in [1.807, 2.05) is 0 Å². The molecule has 0 fully saturated rings. The van der Waals surface area contributed by atoms with Crippen LogP contribution in [0.15, 0.2) is 11.8 Å². The topological polar surface area (TPSA) is 88.4 Å². The van der Waals surface area contributed by atoms with E-state index in [-0.39, 0.29) is 12.2 Å². The van der Waals surface area contributed by atoms with Gasteiger partial charge in [-0.2, -0.15) is 5.26 Å². The molecule has 6 nitrogen and oxygen atoms in total. The molecular formula is C10H12N2O4. The third-order valence-corrected chi connectivity index (χ3v) is 2.11. The summed E-state index contributed by atoms with van der Waals surface area (Å²) in [6, 6.07) is 1.79. The second-order valence-electron chi connectivity index (χ2n) is 3.32. The number of carbonyl (C=O) groups excluding carboxylic acids is 2. The molecule has 0 saturated heterocycles. The van der Waals surface area contributed by atoms with Crippen LogP contribution in [0.1, 0.15) is 19.8 Å². The fourth-order valence-corrected chi connectivity index (χ4v) is 1.49. The van der Waals surface area contributed by atoms with Gasteiger partial charge in [-0.1, -0.05) is 0 Å². The Morgan fingerprint density at radius 1 is 1.69 bits per heavy atom. The van der Waals surface area contributed by atoms with Gasteiger partial charge in [-0.25, -0.2) is 4.79 Å². The van der Waals surface area contributed by atoms with Crippen LogP contribution in [0.25, 0.3) is 0 Å². The SMILES string of the molecule is COC(=O)[C@@]1(NC(C)=O)CCC=C(C#N)O1. The van der Waals surface area contributed by atoms with Crippen molar-refractivity contribution in [2.24, 2.45) is 0 Å². The van der Waals surface area contributed by atoms with Crippen LogP contribution in [0, 0.1) is 11.3 Å². The second-order valence-corrected chi connectivity index (χ2v) is 3.32. The summed E-state index contributed by atoms with van der Waals surface area (Å²) >= 11 is 0. The molecule has 1 rings (SSSR count). The minimum atomic E-state index is -1.57. The predicted molar refractivity (Wildman–Crippen MR) is 52.6 cm³/mol. The largest absolute Gasteiger partial charge is 0.465 e. The summed E-state index contributed by atoms with van der Waals surface area (Å²) in [5.41, 5.74) is -1.57. The fraction of sp³-hybridized carbons (Fsp3) is 0.500. The van der Waals surface area contributed by atoms with Crippen molar-refractivity contribution in [1.82, 2.24) is 5.32 Å². The van der Waals surface area contributed by atoms with E-state index < -0.39 is 17.6 Å². The van der Waals surface area contributed by atoms with Gasteiger partial charge in [-0.15, -0.1) is 0 Å². The van der Waals surface area contributed by atoms with Gasteiger partial charge in [0.05, 0.1) is 7.11 Å². The number of nitrogens with one attached hydrogen (secondary N) is 1. The highest BCUT2D eigenvalue weighted by Crippen LogP contribution is 2.26. The number of nitrogens with zero attached hydrogens (tertiary/aromatic N) is 1. The molecule has 16 heavy (non-hydrogen) atoms.